The van der Waals surface area contributed by atoms with Crippen molar-refractivity contribution in [2.24, 2.45) is 0 Å². The van der Waals surface area contributed by atoms with Crippen LogP contribution in [0.3, 0.4) is 0 Å². The molecule has 1 aromatic heterocycles. The Morgan fingerprint density at radius 2 is 2.35 bits per heavy atom. The summed E-state index contributed by atoms with van der Waals surface area (Å²) in [6, 6.07) is 0. The van der Waals surface area contributed by atoms with E-state index in [1.807, 2.05) is 11.6 Å². The lowest BCUT2D eigenvalue weighted by molar-refractivity contribution is 0.0517. The Morgan fingerprint density at radius 1 is 1.53 bits per heavy atom. The Bertz CT molecular complexity index is 412. The number of fused-ring (bicyclic) bond motifs is 1. The number of hydrogen-bond acceptors (Lipinski definition) is 4. The van der Waals surface area contributed by atoms with Crippen LogP contribution in [0.25, 0.3) is 0 Å². The van der Waals surface area contributed by atoms with Gasteiger partial charge in [-0.05, 0) is 13.3 Å². The monoisotopic (exact) mass is 237 g/mol. The Labute approximate surface area is 101 Å². The summed E-state index contributed by atoms with van der Waals surface area (Å²) in [5.41, 5.74) is 2.69. The predicted molar refractivity (Wildman–Crippen MR) is 63.9 cm³/mol. The highest BCUT2D eigenvalue weighted by Crippen LogP contribution is 2.19. The van der Waals surface area contributed by atoms with Crippen molar-refractivity contribution < 1.29 is 9.53 Å². The van der Waals surface area contributed by atoms with Crippen LogP contribution in [0.2, 0.25) is 0 Å². The highest BCUT2D eigenvalue weighted by Gasteiger charge is 2.25. The van der Waals surface area contributed by atoms with E-state index in [1.165, 1.54) is 5.69 Å². The van der Waals surface area contributed by atoms with Crippen molar-refractivity contribution in [2.75, 3.05) is 13.2 Å². The molecule has 0 saturated carbocycles. The molecular formula is C12H19N3O2. The van der Waals surface area contributed by atoms with E-state index >= 15 is 0 Å². The SMILES string of the molecule is CCCn1nc(C(=O)OCC)c2c1CCNC2. The second-order valence-corrected chi connectivity index (χ2v) is 4.14. The Balaban J connectivity index is 2.35. The van der Waals surface area contributed by atoms with E-state index in [0.29, 0.717) is 18.8 Å². The van der Waals surface area contributed by atoms with E-state index in [0.717, 1.165) is 31.5 Å². The van der Waals surface area contributed by atoms with Gasteiger partial charge in [-0.2, -0.15) is 5.10 Å². The van der Waals surface area contributed by atoms with Crippen molar-refractivity contribution in [3.05, 3.63) is 17.0 Å². The number of carbonyl (C=O) groups excluding carboxylic acids is 1. The summed E-state index contributed by atoms with van der Waals surface area (Å²) >= 11 is 0. The molecule has 1 aromatic rings. The molecule has 2 rings (SSSR count). The van der Waals surface area contributed by atoms with Crippen molar-refractivity contribution in [1.29, 1.82) is 0 Å². The minimum absolute atomic E-state index is 0.303. The van der Waals surface area contributed by atoms with Crippen LogP contribution in [0.5, 0.6) is 0 Å². The maximum absolute atomic E-state index is 11.8. The number of nitrogens with zero attached hydrogens (tertiary/aromatic N) is 2. The summed E-state index contributed by atoms with van der Waals surface area (Å²) in [4.78, 5) is 11.8. The summed E-state index contributed by atoms with van der Waals surface area (Å²) in [7, 11) is 0. The molecule has 0 spiro atoms. The fourth-order valence-corrected chi connectivity index (χ4v) is 2.18. The summed E-state index contributed by atoms with van der Waals surface area (Å²) in [6.45, 7) is 6.84. The molecule has 5 nitrogen and oxygen atoms in total. The number of aryl methyl sites for hydroxylation is 1. The molecule has 0 amide bonds. The van der Waals surface area contributed by atoms with Crippen LogP contribution in [-0.4, -0.2) is 28.9 Å². The van der Waals surface area contributed by atoms with Gasteiger partial charge in [0.05, 0.1) is 6.61 Å². The zero-order chi connectivity index (χ0) is 12.3. The zero-order valence-electron chi connectivity index (χ0n) is 10.5. The largest absolute Gasteiger partial charge is 0.461 e. The van der Waals surface area contributed by atoms with Crippen LogP contribution in [-0.2, 0) is 24.2 Å². The fraction of sp³-hybridized carbons (Fsp3) is 0.667. The molecular weight excluding hydrogens is 218 g/mol. The van der Waals surface area contributed by atoms with Gasteiger partial charge in [0.25, 0.3) is 0 Å². The maximum Gasteiger partial charge on any atom is 0.359 e. The third-order valence-corrected chi connectivity index (χ3v) is 2.91. The minimum atomic E-state index is -0.303. The molecule has 0 radical (unpaired) electrons. The lowest BCUT2D eigenvalue weighted by Crippen LogP contribution is -2.25. The highest BCUT2D eigenvalue weighted by atomic mass is 16.5. The summed E-state index contributed by atoms with van der Waals surface area (Å²) in [5, 5.41) is 7.67. The van der Waals surface area contributed by atoms with Gasteiger partial charge in [-0.3, -0.25) is 4.68 Å². The summed E-state index contributed by atoms with van der Waals surface area (Å²) in [6.07, 6.45) is 1.95. The lowest BCUT2D eigenvalue weighted by Gasteiger charge is -2.15. The normalized spacial score (nSPS) is 14.5. The smallest absolute Gasteiger partial charge is 0.359 e. The van der Waals surface area contributed by atoms with Gasteiger partial charge in [-0.25, -0.2) is 4.79 Å². The standard InChI is InChI=1S/C12H19N3O2/c1-3-7-15-10-5-6-13-8-9(10)11(14-15)12(16)17-4-2/h13H,3-8H2,1-2H3. The second kappa shape index (κ2) is 5.31. The van der Waals surface area contributed by atoms with E-state index in [9.17, 15) is 4.79 Å². The first-order chi connectivity index (χ1) is 8.27. The molecule has 0 saturated heterocycles. The second-order valence-electron chi connectivity index (χ2n) is 4.14. The van der Waals surface area contributed by atoms with Gasteiger partial charge in [0.2, 0.25) is 0 Å². The average molecular weight is 237 g/mol. The molecule has 0 fully saturated rings. The molecule has 17 heavy (non-hydrogen) atoms. The number of ether oxygens (including phenoxy) is 1. The van der Waals surface area contributed by atoms with Gasteiger partial charge in [-0.15, -0.1) is 0 Å². The molecule has 1 N–H and O–H groups in total. The van der Waals surface area contributed by atoms with Crippen molar-refractivity contribution >= 4 is 5.97 Å². The van der Waals surface area contributed by atoms with Crippen LogP contribution in [0.15, 0.2) is 0 Å². The van der Waals surface area contributed by atoms with E-state index in [1.54, 1.807) is 0 Å². The number of carbonyl (C=O) groups is 1. The number of hydrogen-bond donors (Lipinski definition) is 1. The van der Waals surface area contributed by atoms with Crippen molar-refractivity contribution in [2.45, 2.75) is 39.8 Å². The van der Waals surface area contributed by atoms with Crippen molar-refractivity contribution in [1.82, 2.24) is 15.1 Å². The highest BCUT2D eigenvalue weighted by molar-refractivity contribution is 5.89. The number of esters is 1. The predicted octanol–water partition coefficient (Wildman–Crippen LogP) is 1.12. The molecule has 5 heteroatoms. The van der Waals surface area contributed by atoms with E-state index in [-0.39, 0.29) is 5.97 Å². The van der Waals surface area contributed by atoms with Gasteiger partial charge in [0, 0.05) is 37.3 Å². The molecule has 0 aromatic carbocycles. The molecule has 0 unspecified atom stereocenters. The molecule has 0 atom stereocenters. The third kappa shape index (κ3) is 2.34. The first kappa shape index (κ1) is 12.1. The van der Waals surface area contributed by atoms with Crippen molar-refractivity contribution in [3.63, 3.8) is 0 Å². The van der Waals surface area contributed by atoms with Crippen LogP contribution < -0.4 is 5.32 Å². The first-order valence-corrected chi connectivity index (χ1v) is 6.24. The van der Waals surface area contributed by atoms with E-state index < -0.39 is 0 Å². The third-order valence-electron chi connectivity index (χ3n) is 2.91. The van der Waals surface area contributed by atoms with Gasteiger partial charge < -0.3 is 10.1 Å². The maximum atomic E-state index is 11.8. The van der Waals surface area contributed by atoms with Crippen LogP contribution in [0, 0.1) is 0 Å². The van der Waals surface area contributed by atoms with Crippen molar-refractivity contribution in [3.8, 4) is 0 Å². The summed E-state index contributed by atoms with van der Waals surface area (Å²) < 4.78 is 7.00. The van der Waals surface area contributed by atoms with Gasteiger partial charge in [-0.1, -0.05) is 6.92 Å². The van der Waals surface area contributed by atoms with Crippen LogP contribution in [0.1, 0.15) is 42.0 Å². The molecule has 1 aliphatic heterocycles. The van der Waals surface area contributed by atoms with Crippen LogP contribution in [0.4, 0.5) is 0 Å². The number of nitrogens with one attached hydrogen (secondary N) is 1. The molecule has 0 aliphatic carbocycles. The average Bonchev–Trinajstić information content (AvgIpc) is 2.70. The van der Waals surface area contributed by atoms with E-state index in [4.69, 9.17) is 4.74 Å². The molecule has 94 valence electrons. The Kier molecular flexibility index (Phi) is 3.78. The molecule has 0 bridgehead atoms. The minimum Gasteiger partial charge on any atom is -0.461 e. The lowest BCUT2D eigenvalue weighted by atomic mass is 10.1. The zero-order valence-corrected chi connectivity index (χ0v) is 10.5. The number of rotatable bonds is 4. The molecule has 2 heterocycles. The van der Waals surface area contributed by atoms with Gasteiger partial charge >= 0.3 is 5.97 Å². The fourth-order valence-electron chi connectivity index (χ4n) is 2.18. The van der Waals surface area contributed by atoms with Gasteiger partial charge in [0.1, 0.15) is 0 Å². The Hall–Kier alpha value is -1.36. The summed E-state index contributed by atoms with van der Waals surface area (Å²) in [5.74, 6) is -0.303. The molecule has 1 aliphatic rings. The van der Waals surface area contributed by atoms with E-state index in [2.05, 4.69) is 17.3 Å². The van der Waals surface area contributed by atoms with Crippen LogP contribution >= 0.6 is 0 Å². The topological polar surface area (TPSA) is 56.2 Å². The quantitative estimate of drug-likeness (QED) is 0.797. The first-order valence-electron chi connectivity index (χ1n) is 6.24. The van der Waals surface area contributed by atoms with Gasteiger partial charge in [0.15, 0.2) is 5.69 Å². The Morgan fingerprint density at radius 3 is 3.06 bits per heavy atom. The number of aromatic nitrogens is 2.